The van der Waals surface area contributed by atoms with Gasteiger partial charge in [0, 0.05) is 25.4 Å². The Morgan fingerprint density at radius 2 is 1.95 bits per heavy atom. The Balaban J connectivity index is 1.57. The summed E-state index contributed by atoms with van der Waals surface area (Å²) in [5.74, 6) is -1.34. The number of rotatable bonds is 7. The molecule has 1 aliphatic rings. The molecule has 1 saturated heterocycles. The number of benzene rings is 1. The van der Waals surface area contributed by atoms with Gasteiger partial charge in [0.2, 0.25) is 5.88 Å². The minimum Gasteiger partial charge on any atom is -0.494 e. The molecule has 0 spiro atoms. The highest BCUT2D eigenvalue weighted by Crippen LogP contribution is 2.33. The first-order chi connectivity index (χ1) is 17.7. The van der Waals surface area contributed by atoms with E-state index in [1.165, 1.54) is 18.0 Å². The molecule has 3 aromatic rings. The number of nitriles is 1. The van der Waals surface area contributed by atoms with E-state index in [1.807, 2.05) is 37.3 Å². The first-order valence-corrected chi connectivity index (χ1v) is 12.5. The number of carbonyl (C=O) groups excluding carboxylic acids is 2. The van der Waals surface area contributed by atoms with Gasteiger partial charge in [0.05, 0.1) is 17.0 Å². The maximum Gasteiger partial charge on any atom is 0.271 e. The van der Waals surface area contributed by atoms with E-state index in [-0.39, 0.29) is 42.1 Å². The summed E-state index contributed by atoms with van der Waals surface area (Å²) in [6.07, 6.45) is 4.69. The number of thioether (sulfide) groups is 1. The summed E-state index contributed by atoms with van der Waals surface area (Å²) in [6, 6.07) is 12.9. The summed E-state index contributed by atoms with van der Waals surface area (Å²) < 4.78 is 1.32. The Morgan fingerprint density at radius 3 is 2.59 bits per heavy atom. The third kappa shape index (κ3) is 5.38. The Labute approximate surface area is 222 Å². The molecule has 1 N–H and O–H groups in total. The second kappa shape index (κ2) is 10.9. The number of aromatic nitrogens is 2. The number of carbonyl (C=O) groups is 2. The normalized spacial score (nSPS) is 14.3. The zero-order valence-electron chi connectivity index (χ0n) is 20.1. The zero-order chi connectivity index (χ0) is 26.7. The van der Waals surface area contributed by atoms with E-state index >= 15 is 0 Å². The van der Waals surface area contributed by atoms with Crippen LogP contribution in [0.5, 0.6) is 5.88 Å². The lowest BCUT2D eigenvalue weighted by molar-refractivity contribution is -0.122. The fraction of sp³-hybridized carbons (Fsp3) is 0.185. The lowest BCUT2D eigenvalue weighted by atomic mass is 9.99. The van der Waals surface area contributed by atoms with Crippen LogP contribution in [-0.4, -0.2) is 42.1 Å². The molecule has 0 atom stereocenters. The van der Waals surface area contributed by atoms with Gasteiger partial charge in [0.25, 0.3) is 11.5 Å². The van der Waals surface area contributed by atoms with Gasteiger partial charge in [0.15, 0.2) is 5.78 Å². The van der Waals surface area contributed by atoms with Crippen molar-refractivity contribution in [1.29, 1.82) is 5.26 Å². The van der Waals surface area contributed by atoms with Gasteiger partial charge in [-0.3, -0.25) is 28.8 Å². The number of aromatic hydroxyl groups is 1. The van der Waals surface area contributed by atoms with Crippen LogP contribution >= 0.6 is 24.0 Å². The van der Waals surface area contributed by atoms with Crippen molar-refractivity contribution in [2.24, 2.45) is 0 Å². The lowest BCUT2D eigenvalue weighted by Gasteiger charge is -2.17. The van der Waals surface area contributed by atoms with Gasteiger partial charge in [-0.2, -0.15) is 5.26 Å². The third-order valence-corrected chi connectivity index (χ3v) is 7.33. The largest absolute Gasteiger partial charge is 0.494 e. The highest BCUT2D eigenvalue weighted by atomic mass is 32.2. The van der Waals surface area contributed by atoms with E-state index in [4.69, 9.17) is 12.2 Å². The predicted octanol–water partition coefficient (Wildman–Crippen LogP) is 3.96. The number of pyridine rings is 2. The number of Topliss-reactive ketones (excluding diaryl/α,β-unsaturated/α-hetero) is 1. The number of nitrogens with zero attached hydrogens (tertiary/aromatic N) is 4. The molecule has 0 radical (unpaired) electrons. The minimum absolute atomic E-state index is 0.00274. The molecule has 1 amide bonds. The van der Waals surface area contributed by atoms with E-state index in [0.29, 0.717) is 14.8 Å². The molecule has 3 heterocycles. The third-order valence-electron chi connectivity index (χ3n) is 5.95. The Morgan fingerprint density at radius 1 is 1.22 bits per heavy atom. The lowest BCUT2D eigenvalue weighted by Crippen LogP contribution is -2.31. The van der Waals surface area contributed by atoms with Crippen LogP contribution in [0.15, 0.2) is 58.5 Å². The molecule has 1 fully saturated rings. The van der Waals surface area contributed by atoms with Gasteiger partial charge >= 0.3 is 0 Å². The Kier molecular flexibility index (Phi) is 7.66. The van der Waals surface area contributed by atoms with Crippen LogP contribution in [0.3, 0.4) is 0 Å². The monoisotopic (exact) mass is 530 g/mol. The van der Waals surface area contributed by atoms with E-state index in [9.17, 15) is 24.8 Å². The topological polar surface area (TPSA) is 116 Å². The van der Waals surface area contributed by atoms with E-state index in [2.05, 4.69) is 4.98 Å². The fourth-order valence-electron chi connectivity index (χ4n) is 3.95. The van der Waals surface area contributed by atoms with Crippen molar-refractivity contribution in [2.45, 2.75) is 26.8 Å². The Hall–Kier alpha value is -4.07. The molecule has 0 saturated carbocycles. The smallest absolute Gasteiger partial charge is 0.271 e. The molecule has 2 aromatic heterocycles. The van der Waals surface area contributed by atoms with Crippen LogP contribution in [0.1, 0.15) is 44.6 Å². The summed E-state index contributed by atoms with van der Waals surface area (Å²) in [5, 5.41) is 20.5. The number of ketones is 1. The molecule has 0 bridgehead atoms. The molecule has 10 heteroatoms. The minimum atomic E-state index is -0.698. The van der Waals surface area contributed by atoms with Gasteiger partial charge in [-0.15, -0.1) is 0 Å². The van der Waals surface area contributed by atoms with E-state index in [0.717, 1.165) is 27.5 Å². The molecule has 1 aromatic carbocycles. The van der Waals surface area contributed by atoms with Crippen molar-refractivity contribution in [2.75, 3.05) is 6.54 Å². The Bertz CT molecular complexity index is 1540. The molecule has 186 valence electrons. The highest BCUT2D eigenvalue weighted by molar-refractivity contribution is 8.26. The summed E-state index contributed by atoms with van der Waals surface area (Å²) in [5.41, 5.74) is 1.63. The average molecular weight is 531 g/mol. The van der Waals surface area contributed by atoms with Crippen LogP contribution in [0.25, 0.3) is 6.08 Å². The van der Waals surface area contributed by atoms with Gasteiger partial charge in [-0.25, -0.2) is 0 Å². The van der Waals surface area contributed by atoms with Crippen molar-refractivity contribution < 1.29 is 14.7 Å². The molecular formula is C27H22N4O4S2. The molecule has 0 unspecified atom stereocenters. The summed E-state index contributed by atoms with van der Waals surface area (Å²) in [6.45, 7) is 3.36. The SMILES string of the molecule is Cc1ccc(/C=C2\SC(=S)N(CCC(=O)c3c(C)c(C#N)c(=O)n(Cc4cccnc4)c3O)C2=O)cc1. The van der Waals surface area contributed by atoms with Crippen LogP contribution in [0.2, 0.25) is 0 Å². The predicted molar refractivity (Wildman–Crippen MR) is 145 cm³/mol. The van der Waals surface area contributed by atoms with Crippen molar-refractivity contribution >= 4 is 46.1 Å². The number of amides is 1. The zero-order valence-corrected chi connectivity index (χ0v) is 21.7. The van der Waals surface area contributed by atoms with E-state index < -0.39 is 17.2 Å². The molecule has 1 aliphatic heterocycles. The summed E-state index contributed by atoms with van der Waals surface area (Å²) in [4.78, 5) is 44.9. The maximum absolute atomic E-state index is 13.2. The maximum atomic E-state index is 13.2. The molecule has 0 aliphatic carbocycles. The van der Waals surface area contributed by atoms with Gasteiger partial charge in [-0.05, 0) is 42.7 Å². The first kappa shape index (κ1) is 26.0. The second-order valence-electron chi connectivity index (χ2n) is 8.48. The number of aryl methyl sites for hydroxylation is 1. The quantitative estimate of drug-likeness (QED) is 0.277. The van der Waals surface area contributed by atoms with Crippen molar-refractivity contribution in [3.8, 4) is 11.9 Å². The standard InChI is InChI=1S/C27H22N4O4S2/c1-16-5-7-18(8-6-16)12-22-25(34)30(27(36)37-22)11-9-21(32)23-17(2)20(13-28)24(33)31(26(23)35)15-19-4-3-10-29-14-19/h3-8,10,12,14,35H,9,11,15H2,1-2H3/b22-12-. The molecular weight excluding hydrogens is 508 g/mol. The molecule has 4 rings (SSSR count). The van der Waals surface area contributed by atoms with Crippen molar-refractivity contribution in [3.63, 3.8) is 0 Å². The number of hydrogen-bond acceptors (Lipinski definition) is 8. The van der Waals surface area contributed by atoms with Crippen LogP contribution < -0.4 is 5.56 Å². The van der Waals surface area contributed by atoms with Crippen LogP contribution in [0, 0.1) is 25.2 Å². The second-order valence-corrected chi connectivity index (χ2v) is 10.2. The van der Waals surface area contributed by atoms with Gasteiger partial charge in [-0.1, -0.05) is 59.9 Å². The summed E-state index contributed by atoms with van der Waals surface area (Å²) in [7, 11) is 0. The average Bonchev–Trinajstić information content (AvgIpc) is 3.14. The number of hydrogen-bond donors (Lipinski definition) is 1. The highest BCUT2D eigenvalue weighted by Gasteiger charge is 2.33. The van der Waals surface area contributed by atoms with E-state index in [1.54, 1.807) is 24.4 Å². The van der Waals surface area contributed by atoms with Gasteiger partial charge < -0.3 is 5.11 Å². The van der Waals surface area contributed by atoms with Crippen molar-refractivity contribution in [1.82, 2.24) is 14.5 Å². The van der Waals surface area contributed by atoms with Crippen LogP contribution in [-0.2, 0) is 11.3 Å². The summed E-state index contributed by atoms with van der Waals surface area (Å²) >= 11 is 6.53. The van der Waals surface area contributed by atoms with Gasteiger partial charge in [0.1, 0.15) is 16.0 Å². The fourth-order valence-corrected chi connectivity index (χ4v) is 5.26. The first-order valence-electron chi connectivity index (χ1n) is 11.3. The van der Waals surface area contributed by atoms with Crippen molar-refractivity contribution in [3.05, 3.63) is 97.4 Å². The number of thiocarbonyl (C=S) groups is 1. The molecule has 37 heavy (non-hydrogen) atoms. The molecule has 8 nitrogen and oxygen atoms in total. The van der Waals surface area contributed by atoms with Crippen LogP contribution in [0.4, 0.5) is 0 Å².